The lowest BCUT2D eigenvalue weighted by atomic mass is 10.2. The molecule has 1 aromatic carbocycles. The molecule has 1 aliphatic rings. The zero-order valence-electron chi connectivity index (χ0n) is 12.7. The third-order valence-corrected chi connectivity index (χ3v) is 3.27. The van der Waals surface area contributed by atoms with Gasteiger partial charge in [-0.15, -0.1) is 0 Å². The lowest BCUT2D eigenvalue weighted by Crippen LogP contribution is -2.24. The van der Waals surface area contributed by atoms with E-state index in [-0.39, 0.29) is 11.9 Å². The standard InChI is InChI=1S/C16H22O6/c1-2-19-13-7-6-12(16(17)18)11-14(13)20-9-10-22-15-5-3-4-8-21-15/h6-7,11,15H,2-5,8-10H2,1H3,(H,17,18). The fourth-order valence-corrected chi connectivity index (χ4v) is 2.20. The molecule has 1 unspecified atom stereocenters. The number of carboxylic acid groups (broad SMARTS) is 1. The molecule has 0 spiro atoms. The van der Waals surface area contributed by atoms with Crippen molar-refractivity contribution in [2.45, 2.75) is 32.5 Å². The normalized spacial score (nSPS) is 18.0. The second-order valence-electron chi connectivity index (χ2n) is 4.92. The Morgan fingerprint density at radius 2 is 2.14 bits per heavy atom. The second-order valence-corrected chi connectivity index (χ2v) is 4.92. The Labute approximate surface area is 129 Å². The van der Waals surface area contributed by atoms with Crippen LogP contribution in [-0.4, -0.2) is 43.8 Å². The molecular formula is C16H22O6. The fourth-order valence-electron chi connectivity index (χ4n) is 2.20. The van der Waals surface area contributed by atoms with Gasteiger partial charge in [0.25, 0.3) is 0 Å². The maximum atomic E-state index is 11.0. The van der Waals surface area contributed by atoms with E-state index < -0.39 is 5.97 Å². The molecule has 2 rings (SSSR count). The highest BCUT2D eigenvalue weighted by Crippen LogP contribution is 2.28. The summed E-state index contributed by atoms with van der Waals surface area (Å²) in [6.45, 7) is 3.77. The van der Waals surface area contributed by atoms with Crippen LogP contribution in [0.2, 0.25) is 0 Å². The van der Waals surface area contributed by atoms with Crippen molar-refractivity contribution in [2.24, 2.45) is 0 Å². The summed E-state index contributed by atoms with van der Waals surface area (Å²) in [7, 11) is 0. The van der Waals surface area contributed by atoms with Gasteiger partial charge in [-0.05, 0) is 44.4 Å². The molecule has 0 amide bonds. The van der Waals surface area contributed by atoms with Crippen molar-refractivity contribution in [3.8, 4) is 11.5 Å². The quantitative estimate of drug-likeness (QED) is 0.744. The number of rotatable bonds is 8. The molecule has 0 saturated carbocycles. The topological polar surface area (TPSA) is 74.2 Å². The van der Waals surface area contributed by atoms with Crippen molar-refractivity contribution in [1.29, 1.82) is 0 Å². The van der Waals surface area contributed by atoms with Gasteiger partial charge in [-0.25, -0.2) is 4.79 Å². The van der Waals surface area contributed by atoms with Crippen LogP contribution in [0.3, 0.4) is 0 Å². The molecule has 22 heavy (non-hydrogen) atoms. The highest BCUT2D eigenvalue weighted by molar-refractivity contribution is 5.88. The summed E-state index contributed by atoms with van der Waals surface area (Å²) >= 11 is 0. The molecule has 1 heterocycles. The third kappa shape index (κ3) is 4.89. The van der Waals surface area contributed by atoms with Crippen molar-refractivity contribution in [1.82, 2.24) is 0 Å². The highest BCUT2D eigenvalue weighted by atomic mass is 16.7. The first-order valence-corrected chi connectivity index (χ1v) is 7.57. The van der Waals surface area contributed by atoms with Gasteiger partial charge in [-0.1, -0.05) is 0 Å². The number of carboxylic acids is 1. The van der Waals surface area contributed by atoms with Crippen molar-refractivity contribution in [2.75, 3.05) is 26.4 Å². The molecule has 0 aliphatic carbocycles. The summed E-state index contributed by atoms with van der Waals surface area (Å²) in [5.41, 5.74) is 0.162. The maximum Gasteiger partial charge on any atom is 0.335 e. The third-order valence-electron chi connectivity index (χ3n) is 3.27. The zero-order valence-corrected chi connectivity index (χ0v) is 12.7. The maximum absolute atomic E-state index is 11.0. The Kier molecular flexibility index (Phi) is 6.48. The van der Waals surface area contributed by atoms with Crippen LogP contribution in [0.15, 0.2) is 18.2 Å². The van der Waals surface area contributed by atoms with Crippen molar-refractivity contribution < 1.29 is 28.8 Å². The number of hydrogen-bond acceptors (Lipinski definition) is 5. The lowest BCUT2D eigenvalue weighted by Gasteiger charge is -2.22. The molecule has 6 nitrogen and oxygen atoms in total. The Balaban J connectivity index is 1.86. The van der Waals surface area contributed by atoms with Gasteiger partial charge in [-0.2, -0.15) is 0 Å². The molecule has 122 valence electrons. The molecule has 1 aromatic rings. The molecule has 1 fully saturated rings. The van der Waals surface area contributed by atoms with Gasteiger partial charge >= 0.3 is 5.97 Å². The number of ether oxygens (including phenoxy) is 4. The van der Waals surface area contributed by atoms with E-state index >= 15 is 0 Å². The molecular weight excluding hydrogens is 288 g/mol. The van der Waals surface area contributed by atoms with Gasteiger partial charge in [0, 0.05) is 6.61 Å². The predicted molar refractivity (Wildman–Crippen MR) is 79.6 cm³/mol. The monoisotopic (exact) mass is 310 g/mol. The first-order chi connectivity index (χ1) is 10.7. The summed E-state index contributed by atoms with van der Waals surface area (Å²) in [6, 6.07) is 4.56. The van der Waals surface area contributed by atoms with E-state index in [9.17, 15) is 4.79 Å². The predicted octanol–water partition coefficient (Wildman–Crippen LogP) is 2.71. The zero-order chi connectivity index (χ0) is 15.8. The number of carbonyl (C=O) groups is 1. The Bertz CT molecular complexity index is 482. The summed E-state index contributed by atoms with van der Waals surface area (Å²) in [5.74, 6) is -0.0592. The molecule has 6 heteroatoms. The minimum atomic E-state index is -1.00. The molecule has 0 radical (unpaired) electrons. The largest absolute Gasteiger partial charge is 0.490 e. The minimum absolute atomic E-state index is 0.158. The average Bonchev–Trinajstić information content (AvgIpc) is 2.54. The SMILES string of the molecule is CCOc1ccc(C(=O)O)cc1OCCOC1CCCCO1. The van der Waals surface area contributed by atoms with E-state index in [4.69, 9.17) is 24.1 Å². The van der Waals surface area contributed by atoms with Gasteiger partial charge in [0.2, 0.25) is 0 Å². The molecule has 0 aromatic heterocycles. The first kappa shape index (κ1) is 16.6. The Morgan fingerprint density at radius 3 is 2.82 bits per heavy atom. The van der Waals surface area contributed by atoms with Gasteiger partial charge < -0.3 is 24.1 Å². The van der Waals surface area contributed by atoms with Crippen LogP contribution in [0.4, 0.5) is 0 Å². The molecule has 1 N–H and O–H groups in total. The van der Waals surface area contributed by atoms with E-state index in [1.165, 1.54) is 12.1 Å². The van der Waals surface area contributed by atoms with Gasteiger partial charge in [0.05, 0.1) is 18.8 Å². The summed E-state index contributed by atoms with van der Waals surface area (Å²) < 4.78 is 22.1. The fraction of sp³-hybridized carbons (Fsp3) is 0.562. The van der Waals surface area contributed by atoms with Crippen LogP contribution in [0, 0.1) is 0 Å². The van der Waals surface area contributed by atoms with Crippen LogP contribution >= 0.6 is 0 Å². The van der Waals surface area contributed by atoms with E-state index in [1.807, 2.05) is 6.92 Å². The van der Waals surface area contributed by atoms with Crippen molar-refractivity contribution in [3.63, 3.8) is 0 Å². The average molecular weight is 310 g/mol. The minimum Gasteiger partial charge on any atom is -0.490 e. The summed E-state index contributed by atoms with van der Waals surface area (Å²) in [5, 5.41) is 9.03. The van der Waals surface area contributed by atoms with Gasteiger partial charge in [0.1, 0.15) is 6.61 Å². The summed E-state index contributed by atoms with van der Waals surface area (Å²) in [4.78, 5) is 11.0. The Morgan fingerprint density at radius 1 is 1.27 bits per heavy atom. The molecule has 1 saturated heterocycles. The molecule has 1 atom stereocenters. The van der Waals surface area contributed by atoms with Crippen molar-refractivity contribution in [3.05, 3.63) is 23.8 Å². The van der Waals surface area contributed by atoms with Crippen LogP contribution in [0.25, 0.3) is 0 Å². The number of benzene rings is 1. The van der Waals surface area contributed by atoms with Gasteiger partial charge in [0.15, 0.2) is 17.8 Å². The van der Waals surface area contributed by atoms with E-state index in [1.54, 1.807) is 6.07 Å². The van der Waals surface area contributed by atoms with E-state index in [2.05, 4.69) is 0 Å². The first-order valence-electron chi connectivity index (χ1n) is 7.57. The smallest absolute Gasteiger partial charge is 0.335 e. The summed E-state index contributed by atoms with van der Waals surface area (Å²) in [6.07, 6.45) is 2.93. The van der Waals surface area contributed by atoms with Crippen LogP contribution in [-0.2, 0) is 9.47 Å². The van der Waals surface area contributed by atoms with Crippen LogP contribution in [0.5, 0.6) is 11.5 Å². The molecule has 0 bridgehead atoms. The van der Waals surface area contributed by atoms with Crippen LogP contribution < -0.4 is 9.47 Å². The highest BCUT2D eigenvalue weighted by Gasteiger charge is 2.14. The van der Waals surface area contributed by atoms with Crippen LogP contribution in [0.1, 0.15) is 36.5 Å². The molecule has 1 aliphatic heterocycles. The lowest BCUT2D eigenvalue weighted by molar-refractivity contribution is -0.165. The van der Waals surface area contributed by atoms with E-state index in [0.717, 1.165) is 25.9 Å². The van der Waals surface area contributed by atoms with Gasteiger partial charge in [-0.3, -0.25) is 0 Å². The Hall–Kier alpha value is -1.79. The number of hydrogen-bond donors (Lipinski definition) is 1. The number of aromatic carboxylic acids is 1. The van der Waals surface area contributed by atoms with Crippen molar-refractivity contribution >= 4 is 5.97 Å². The van der Waals surface area contributed by atoms with E-state index in [0.29, 0.717) is 31.3 Å². The second kappa shape index (κ2) is 8.60.